The van der Waals surface area contributed by atoms with Crippen molar-refractivity contribution in [3.05, 3.63) is 27.7 Å². The van der Waals surface area contributed by atoms with Gasteiger partial charge in [-0.05, 0) is 37.1 Å². The van der Waals surface area contributed by atoms with Crippen molar-refractivity contribution >= 4 is 26.0 Å². The van der Waals surface area contributed by atoms with Crippen LogP contribution in [0.3, 0.4) is 0 Å². The molecule has 0 aromatic heterocycles. The molecule has 0 saturated carbocycles. The van der Waals surface area contributed by atoms with Crippen molar-refractivity contribution in [2.45, 2.75) is 32.3 Å². The Bertz CT molecular complexity index is 575. The Hall–Kier alpha value is -0.470. The van der Waals surface area contributed by atoms with E-state index in [2.05, 4.69) is 15.9 Å². The lowest BCUT2D eigenvalue weighted by molar-refractivity contribution is 0.135. The number of ether oxygens (including phenoxy) is 1. The highest BCUT2D eigenvalue weighted by atomic mass is 79.9. The maximum Gasteiger partial charge on any atom is 0.243 e. The smallest absolute Gasteiger partial charge is 0.243 e. The Morgan fingerprint density at radius 3 is 2.52 bits per heavy atom. The van der Waals surface area contributed by atoms with Crippen molar-refractivity contribution < 1.29 is 18.3 Å². The standard InChI is InChI=1S/C14H22BrNO4S/c1-4-16(6-7-20-5-2)21(18,19)14-9-12(10-17)8-13(15)11(14)3/h8-9,17H,4-7,10H2,1-3H3. The molecule has 0 unspecified atom stereocenters. The van der Waals surface area contributed by atoms with Gasteiger partial charge in [-0.15, -0.1) is 0 Å². The number of sulfonamides is 1. The summed E-state index contributed by atoms with van der Waals surface area (Å²) < 4.78 is 32.8. The average Bonchev–Trinajstić information content (AvgIpc) is 2.45. The number of rotatable bonds is 8. The lowest BCUT2D eigenvalue weighted by Gasteiger charge is -2.22. The fourth-order valence-corrected chi connectivity index (χ4v) is 4.33. The van der Waals surface area contributed by atoms with Crippen molar-refractivity contribution in [1.82, 2.24) is 4.31 Å². The first-order chi connectivity index (χ1) is 9.88. The number of nitrogens with zero attached hydrogens (tertiary/aromatic N) is 1. The molecule has 0 aliphatic carbocycles. The maximum absolute atomic E-state index is 12.8. The van der Waals surface area contributed by atoms with Gasteiger partial charge in [-0.1, -0.05) is 22.9 Å². The molecular weight excluding hydrogens is 358 g/mol. The van der Waals surface area contributed by atoms with Crippen LogP contribution in [0.25, 0.3) is 0 Å². The zero-order chi connectivity index (χ0) is 16.0. The summed E-state index contributed by atoms with van der Waals surface area (Å²) >= 11 is 3.35. The zero-order valence-electron chi connectivity index (χ0n) is 12.6. The SMILES string of the molecule is CCOCCN(CC)S(=O)(=O)c1cc(CO)cc(Br)c1C. The fraction of sp³-hybridized carbons (Fsp3) is 0.571. The summed E-state index contributed by atoms with van der Waals surface area (Å²) in [5, 5.41) is 9.26. The Balaban J connectivity index is 3.19. The van der Waals surface area contributed by atoms with Crippen molar-refractivity contribution in [1.29, 1.82) is 0 Å². The van der Waals surface area contributed by atoms with Crippen molar-refractivity contribution in [2.75, 3.05) is 26.3 Å². The summed E-state index contributed by atoms with van der Waals surface area (Å²) in [4.78, 5) is 0.222. The van der Waals surface area contributed by atoms with Gasteiger partial charge in [0.05, 0.1) is 18.1 Å². The summed E-state index contributed by atoms with van der Waals surface area (Å²) in [6, 6.07) is 3.25. The normalized spacial score (nSPS) is 12.1. The van der Waals surface area contributed by atoms with E-state index >= 15 is 0 Å². The number of aliphatic hydroxyl groups is 1. The van der Waals surface area contributed by atoms with Crippen LogP contribution in [0.2, 0.25) is 0 Å². The molecule has 0 spiro atoms. The second-order valence-electron chi connectivity index (χ2n) is 4.55. The fourth-order valence-electron chi connectivity index (χ4n) is 1.96. The summed E-state index contributed by atoms with van der Waals surface area (Å²) in [5.41, 5.74) is 1.20. The molecule has 0 aliphatic heterocycles. The largest absolute Gasteiger partial charge is 0.392 e. The van der Waals surface area contributed by atoms with Gasteiger partial charge in [-0.3, -0.25) is 0 Å². The number of halogens is 1. The van der Waals surface area contributed by atoms with Gasteiger partial charge in [-0.25, -0.2) is 8.42 Å². The van der Waals surface area contributed by atoms with E-state index in [1.165, 1.54) is 10.4 Å². The van der Waals surface area contributed by atoms with Crippen LogP contribution in [0.4, 0.5) is 0 Å². The molecule has 0 aliphatic rings. The van der Waals surface area contributed by atoms with E-state index in [0.717, 1.165) is 0 Å². The van der Waals surface area contributed by atoms with Gasteiger partial charge in [-0.2, -0.15) is 4.31 Å². The Morgan fingerprint density at radius 1 is 1.33 bits per heavy atom. The highest BCUT2D eigenvalue weighted by molar-refractivity contribution is 9.10. The Morgan fingerprint density at radius 2 is 2.00 bits per heavy atom. The molecule has 5 nitrogen and oxygen atoms in total. The van der Waals surface area contributed by atoms with Crippen LogP contribution in [-0.2, 0) is 21.4 Å². The Kier molecular flexibility index (Phi) is 7.29. The van der Waals surface area contributed by atoms with E-state index in [0.29, 0.717) is 41.9 Å². The molecule has 1 N–H and O–H groups in total. The lowest BCUT2D eigenvalue weighted by Crippen LogP contribution is -2.34. The van der Waals surface area contributed by atoms with Gasteiger partial charge in [0.2, 0.25) is 10.0 Å². The molecule has 1 aromatic rings. The molecule has 0 heterocycles. The number of hydrogen-bond acceptors (Lipinski definition) is 4. The number of likely N-dealkylation sites (N-methyl/N-ethyl adjacent to an activating group) is 1. The second-order valence-corrected chi connectivity index (χ2v) is 7.31. The van der Waals surface area contributed by atoms with Crippen LogP contribution in [0.1, 0.15) is 25.0 Å². The van der Waals surface area contributed by atoms with Crippen LogP contribution in [0.15, 0.2) is 21.5 Å². The summed E-state index contributed by atoms with van der Waals surface area (Å²) in [6.07, 6.45) is 0. The lowest BCUT2D eigenvalue weighted by atomic mass is 10.2. The second kappa shape index (κ2) is 8.24. The average molecular weight is 380 g/mol. The Labute approximate surface area is 135 Å². The molecule has 0 fully saturated rings. The van der Waals surface area contributed by atoms with Gasteiger partial charge in [0.1, 0.15) is 0 Å². The molecule has 0 radical (unpaired) electrons. The third kappa shape index (κ3) is 4.50. The minimum absolute atomic E-state index is 0.202. The van der Waals surface area contributed by atoms with Gasteiger partial charge in [0, 0.05) is 24.2 Å². The van der Waals surface area contributed by atoms with E-state index in [-0.39, 0.29) is 11.5 Å². The van der Waals surface area contributed by atoms with Crippen LogP contribution in [0.5, 0.6) is 0 Å². The van der Waals surface area contributed by atoms with Gasteiger partial charge in [0.15, 0.2) is 0 Å². The molecule has 120 valence electrons. The van der Waals surface area contributed by atoms with Crippen LogP contribution in [-0.4, -0.2) is 44.1 Å². The molecule has 1 aromatic carbocycles. The van der Waals surface area contributed by atoms with Crippen LogP contribution in [0, 0.1) is 6.92 Å². The van der Waals surface area contributed by atoms with Gasteiger partial charge >= 0.3 is 0 Å². The first-order valence-corrected chi connectivity index (χ1v) is 9.09. The van der Waals surface area contributed by atoms with Crippen molar-refractivity contribution in [3.63, 3.8) is 0 Å². The highest BCUT2D eigenvalue weighted by Gasteiger charge is 2.26. The van der Waals surface area contributed by atoms with Crippen molar-refractivity contribution in [2.24, 2.45) is 0 Å². The quantitative estimate of drug-likeness (QED) is 0.703. The van der Waals surface area contributed by atoms with E-state index < -0.39 is 10.0 Å². The predicted octanol–water partition coefficient (Wildman–Crippen LogP) is 2.30. The highest BCUT2D eigenvalue weighted by Crippen LogP contribution is 2.28. The van der Waals surface area contributed by atoms with E-state index in [9.17, 15) is 13.5 Å². The molecular formula is C14H22BrNO4S. The molecule has 21 heavy (non-hydrogen) atoms. The van der Waals surface area contributed by atoms with E-state index in [4.69, 9.17) is 4.74 Å². The maximum atomic E-state index is 12.8. The predicted molar refractivity (Wildman–Crippen MR) is 85.7 cm³/mol. The molecule has 0 atom stereocenters. The summed E-state index contributed by atoms with van der Waals surface area (Å²) in [7, 11) is -3.61. The number of hydrogen-bond donors (Lipinski definition) is 1. The van der Waals surface area contributed by atoms with Gasteiger partial charge < -0.3 is 9.84 Å². The molecule has 1 rings (SSSR count). The van der Waals surface area contributed by atoms with Crippen LogP contribution >= 0.6 is 15.9 Å². The molecule has 7 heteroatoms. The zero-order valence-corrected chi connectivity index (χ0v) is 15.0. The first kappa shape index (κ1) is 18.6. The van der Waals surface area contributed by atoms with E-state index in [1.807, 2.05) is 6.92 Å². The summed E-state index contributed by atoms with van der Waals surface area (Å²) in [5.74, 6) is 0. The third-order valence-electron chi connectivity index (χ3n) is 3.20. The van der Waals surface area contributed by atoms with Crippen LogP contribution < -0.4 is 0 Å². The topological polar surface area (TPSA) is 66.8 Å². The minimum Gasteiger partial charge on any atom is -0.392 e. The first-order valence-electron chi connectivity index (χ1n) is 6.86. The molecule has 0 saturated heterocycles. The summed E-state index contributed by atoms with van der Waals surface area (Å²) in [6.45, 7) is 6.82. The van der Waals surface area contributed by atoms with E-state index in [1.54, 1.807) is 19.9 Å². The number of benzene rings is 1. The van der Waals surface area contributed by atoms with Gasteiger partial charge in [0.25, 0.3) is 0 Å². The van der Waals surface area contributed by atoms with Crippen molar-refractivity contribution in [3.8, 4) is 0 Å². The number of aliphatic hydroxyl groups excluding tert-OH is 1. The third-order valence-corrected chi connectivity index (χ3v) is 6.12. The monoisotopic (exact) mass is 379 g/mol. The molecule has 0 bridgehead atoms. The molecule has 0 amide bonds. The minimum atomic E-state index is -3.61.